The summed E-state index contributed by atoms with van der Waals surface area (Å²) >= 11 is 0. The number of hydrogen-bond acceptors (Lipinski definition) is 48. The van der Waals surface area contributed by atoms with Gasteiger partial charge in [-0.25, -0.2) is 4.79 Å². The van der Waals surface area contributed by atoms with Gasteiger partial charge in [0, 0.05) is 62.5 Å². The molecule has 8 fully saturated rings. The van der Waals surface area contributed by atoms with E-state index in [4.69, 9.17) is 109 Å². The highest BCUT2D eigenvalue weighted by atomic mass is 16.8. The largest absolute Gasteiger partial charge is 0.479 e. The topological polar surface area (TPSA) is 722 Å². The summed E-state index contributed by atoms with van der Waals surface area (Å²) in [5, 5.41) is 192. The maximum absolute atomic E-state index is 13.3. The Balaban J connectivity index is 1.00. The predicted molar refractivity (Wildman–Crippen MR) is 348 cm³/mol. The van der Waals surface area contributed by atoms with Crippen molar-refractivity contribution in [2.45, 2.75) is 301 Å². The molecule has 50 nitrogen and oxygen atoms in total. The first-order valence-electron chi connectivity index (χ1n) is 35.7. The lowest BCUT2D eigenvalue weighted by Gasteiger charge is -2.51. The highest BCUT2D eigenvalue weighted by Gasteiger charge is 2.63. The lowest BCUT2D eigenvalue weighted by atomic mass is 9.94. The molecule has 8 heterocycles. The van der Waals surface area contributed by atoms with Gasteiger partial charge in [0.1, 0.15) is 146 Å². The lowest BCUT2D eigenvalue weighted by Crippen LogP contribution is -2.70. The molecule has 0 unspecified atom stereocenters. The first-order chi connectivity index (χ1) is 54.3. The van der Waals surface area contributed by atoms with Crippen LogP contribution in [0.5, 0.6) is 0 Å². The summed E-state index contributed by atoms with van der Waals surface area (Å²) in [6, 6.07) is -1.97. The van der Waals surface area contributed by atoms with Crippen LogP contribution in [0.15, 0.2) is 0 Å². The fraction of sp³-hybridized carbons (Fsp3) is 0.862. The molecule has 0 bridgehead atoms. The smallest absolute Gasteiger partial charge is 0.335 e. The maximum Gasteiger partial charge on any atom is 0.335 e. The van der Waals surface area contributed by atoms with Gasteiger partial charge in [0.2, 0.25) is 5.91 Å². The zero-order valence-corrected chi connectivity index (χ0v) is 62.7. The number of esters is 7. The Morgan fingerprint density at radius 1 is 0.270 bits per heavy atom. The molecule has 50 heteroatoms. The molecule has 0 aromatic heterocycles. The highest BCUT2D eigenvalue weighted by Crippen LogP contribution is 2.42. The fourth-order valence-electron chi connectivity index (χ4n) is 14.3. The number of hydrogen-bond donors (Lipinski definition) is 18. The molecule has 8 aliphatic rings. The van der Waals surface area contributed by atoms with Gasteiger partial charge in [-0.05, 0) is 0 Å². The number of aliphatic hydroxyl groups excluding tert-OH is 16. The van der Waals surface area contributed by atoms with Crippen molar-refractivity contribution in [3.8, 4) is 0 Å². The zero-order chi connectivity index (χ0) is 85.2. The number of ether oxygens (including phenoxy) is 23. The Morgan fingerprint density at radius 3 is 0.757 bits per heavy atom. The third kappa shape index (κ3) is 22.1. The molecule has 0 aromatic rings. The number of carboxylic acid groups (broad SMARTS) is 1. The van der Waals surface area contributed by atoms with Crippen LogP contribution in [0.3, 0.4) is 0 Å². The minimum absolute atomic E-state index is 0.780. The van der Waals surface area contributed by atoms with Crippen molar-refractivity contribution in [3.63, 3.8) is 0 Å². The van der Waals surface area contributed by atoms with Crippen LogP contribution in [0.25, 0.3) is 0 Å². The highest BCUT2D eigenvalue weighted by molar-refractivity contribution is 5.74. The summed E-state index contributed by atoms with van der Waals surface area (Å²) in [5.41, 5.74) is 0. The second-order valence-electron chi connectivity index (χ2n) is 27.4. The lowest BCUT2D eigenvalue weighted by molar-refractivity contribution is -0.393. The molecule has 0 saturated carbocycles. The number of nitrogens with one attached hydrogen (secondary N) is 1. The molecule has 0 spiro atoms. The maximum atomic E-state index is 13.3. The summed E-state index contributed by atoms with van der Waals surface area (Å²) in [5.74, 6) is -10.9. The summed E-state index contributed by atoms with van der Waals surface area (Å²) in [4.78, 5) is 115. The van der Waals surface area contributed by atoms with Crippen molar-refractivity contribution in [3.05, 3.63) is 0 Å². The summed E-state index contributed by atoms with van der Waals surface area (Å²) in [6.45, 7) is -0.717. The summed E-state index contributed by atoms with van der Waals surface area (Å²) in [6.07, 6.45) is -80.4. The van der Waals surface area contributed by atoms with Gasteiger partial charge in [-0.1, -0.05) is 0 Å². The number of aliphatic hydroxyl groups is 16. The number of rotatable bonds is 31. The van der Waals surface area contributed by atoms with Gasteiger partial charge < -0.3 is 201 Å². The van der Waals surface area contributed by atoms with E-state index in [1.54, 1.807) is 0 Å². The quantitative estimate of drug-likeness (QED) is 0.0226. The third-order valence-electron chi connectivity index (χ3n) is 19.2. The molecule has 40 atom stereocenters. The van der Waals surface area contributed by atoms with E-state index >= 15 is 0 Å². The molecular formula is C65H99NO49. The van der Waals surface area contributed by atoms with Crippen molar-refractivity contribution < 1.29 is 239 Å². The number of aliphatic carboxylic acids is 1. The van der Waals surface area contributed by atoms with Crippen molar-refractivity contribution in [2.75, 3.05) is 53.4 Å². The Kier molecular flexibility index (Phi) is 34.3. The van der Waals surface area contributed by atoms with E-state index < -0.39 is 345 Å². The molecule has 8 saturated heterocycles. The SMILES string of the molecule is CO[C@H]1[C@H](OC(C)=O)[C@H](O)[C@@H](O[C@H]2[C@H](OC(C)=O)[C@H](O)[C@@H](O[C@@H]3[C@H](OC(C)=O)[C@H](O)[C@@H](O[C@H]4[C@H](OC(C)=O)[C@H](O)[C@@H](O[C@H]5[C@H](O)[C@H](NC(C)=O)[C@@H](O[C@H]6[C@H](OC(C)=O)[C@H](O)[C@@H](O[C@H]7[C@H](OC(C)=O)[C@H](O)[C@@H](O[C@H]8[C@H](OC(C)=O)[C@H](O)[C@@H](O)O[C@@H]8CO)O[C@@H]7CO)O[C@@H]6CO)O[C@@H]5CO)O[C@@H]4CO)O[C@@H]3C(=O)O)O[C@@H]2CO)O[C@@H]1CO. The van der Waals surface area contributed by atoms with Crippen LogP contribution in [0.2, 0.25) is 0 Å². The van der Waals surface area contributed by atoms with Gasteiger partial charge in [0.25, 0.3) is 0 Å². The average Bonchev–Trinajstić information content (AvgIpc) is 0.765. The van der Waals surface area contributed by atoms with Crippen LogP contribution in [-0.4, -0.2) is 439 Å². The van der Waals surface area contributed by atoms with E-state index in [1.807, 2.05) is 0 Å². The molecule has 115 heavy (non-hydrogen) atoms. The minimum atomic E-state index is -2.55. The van der Waals surface area contributed by atoms with Crippen LogP contribution in [-0.2, 0) is 152 Å². The van der Waals surface area contributed by atoms with Crippen LogP contribution in [0, 0.1) is 0 Å². The first-order valence-corrected chi connectivity index (χ1v) is 35.7. The Labute approximate surface area is 650 Å². The Hall–Kier alpha value is -6.05. The van der Waals surface area contributed by atoms with Crippen LogP contribution in [0.4, 0.5) is 0 Å². The normalized spacial score (nSPS) is 43.6. The van der Waals surface area contributed by atoms with Gasteiger partial charge in [-0.2, -0.15) is 0 Å². The van der Waals surface area contributed by atoms with E-state index in [9.17, 15) is 130 Å². The van der Waals surface area contributed by atoms with Gasteiger partial charge in [0.15, 0.2) is 99.2 Å². The Morgan fingerprint density at radius 2 is 0.487 bits per heavy atom. The number of carbonyl (C=O) groups is 9. The van der Waals surface area contributed by atoms with Crippen LogP contribution < -0.4 is 5.32 Å². The molecule has 0 aliphatic carbocycles. The molecule has 8 aliphatic heterocycles. The zero-order valence-electron chi connectivity index (χ0n) is 62.7. The van der Waals surface area contributed by atoms with Gasteiger partial charge in [-0.3, -0.25) is 38.4 Å². The van der Waals surface area contributed by atoms with E-state index in [2.05, 4.69) is 5.32 Å². The van der Waals surface area contributed by atoms with E-state index in [0.717, 1.165) is 62.5 Å². The number of methoxy groups -OCH3 is 1. The minimum Gasteiger partial charge on any atom is -0.479 e. The van der Waals surface area contributed by atoms with E-state index in [1.165, 1.54) is 0 Å². The van der Waals surface area contributed by atoms with Crippen molar-refractivity contribution >= 4 is 53.7 Å². The standard InChI is InChI=1S/C65H99NO49/c1-17(74)66-32-33(82)41(25(10-67)102-59(32)109-44-28(13-70)105-63(37(86)50(44)96-20(4)77)112-45-29(14-71)106-62(38(87)52(45)98-22(6)79)110-43-27(12-69)101-58(92)34(83)48(43)94-18(2)75)108-60-36(85)51(97-21(5)78)47(31(16-73)104-60)113-65-40(89)54(100-24(8)81)55(56(115-65)57(90)91)114-64-39(88)53(99-23(7)80)46(30(15-72)107-64)111-61-35(84)49(95-19(3)76)42(93-9)26(11-68)103-61/h25-56,58-65,67-73,82-89,92H,10-16H2,1-9H3,(H,66,74)(H,90,91)/t25-,26-,27-,28-,29-,30-,31-,32+,33-,34+,35+,36+,37+,38+,39+,40+,41-,42-,43-,44-,45-,46-,47-,48-,49-,50-,51-,52-,53-,54-,55-,56+,58+,59-,60-,61-,62-,63-,64-,65+/m1/s1. The van der Waals surface area contributed by atoms with Crippen molar-refractivity contribution in [1.29, 1.82) is 0 Å². The van der Waals surface area contributed by atoms with Gasteiger partial charge in [-0.15, -0.1) is 0 Å². The molecule has 1 amide bonds. The molecule has 0 radical (unpaired) electrons. The third-order valence-corrected chi connectivity index (χ3v) is 19.2. The molecule has 18 N–H and O–H groups in total. The van der Waals surface area contributed by atoms with Crippen molar-refractivity contribution in [1.82, 2.24) is 5.32 Å². The number of carbonyl (C=O) groups excluding carboxylic acids is 8. The molecule has 658 valence electrons. The second-order valence-corrected chi connectivity index (χ2v) is 27.4. The number of amides is 1. The van der Waals surface area contributed by atoms with Gasteiger partial charge >= 0.3 is 47.8 Å². The van der Waals surface area contributed by atoms with Crippen LogP contribution >= 0.6 is 0 Å². The monoisotopic (exact) mass is 1680 g/mol. The molecular weight excluding hydrogens is 1580 g/mol. The number of carboxylic acids is 1. The van der Waals surface area contributed by atoms with E-state index in [-0.39, 0.29) is 0 Å². The first kappa shape index (κ1) is 94.4. The molecule has 8 rings (SSSR count). The predicted octanol–water partition coefficient (Wildman–Crippen LogP) is -13.6. The average molecular weight is 1680 g/mol. The fourth-order valence-corrected chi connectivity index (χ4v) is 14.3. The second kappa shape index (κ2) is 41.8. The van der Waals surface area contributed by atoms with Crippen molar-refractivity contribution in [2.24, 2.45) is 0 Å². The van der Waals surface area contributed by atoms with Crippen LogP contribution in [0.1, 0.15) is 55.4 Å². The molecule has 0 aromatic carbocycles. The summed E-state index contributed by atoms with van der Waals surface area (Å²) < 4.78 is 131. The van der Waals surface area contributed by atoms with E-state index in [0.29, 0.717) is 0 Å². The van der Waals surface area contributed by atoms with Gasteiger partial charge in [0.05, 0.1) is 46.2 Å². The Bertz CT molecular complexity index is 3230. The summed E-state index contributed by atoms with van der Waals surface area (Å²) in [7, 11) is 1.14.